The van der Waals surface area contributed by atoms with Crippen molar-refractivity contribution in [1.29, 1.82) is 0 Å². The number of nitrogens with two attached hydrogens (primary N) is 1. The first-order valence-corrected chi connectivity index (χ1v) is 11.9. The molecule has 1 amide bonds. The molecule has 2 aromatic carbocycles. The molecule has 1 saturated heterocycles. The maximum absolute atomic E-state index is 13.4. The number of likely N-dealkylation sites (tertiary alicyclic amines) is 1. The van der Waals surface area contributed by atoms with E-state index in [-0.39, 0.29) is 11.3 Å². The average molecular weight is 475 g/mol. The lowest BCUT2D eigenvalue weighted by Gasteiger charge is -2.27. The molecule has 1 aliphatic rings. The third-order valence-electron chi connectivity index (χ3n) is 6.34. The summed E-state index contributed by atoms with van der Waals surface area (Å²) < 4.78 is 1.34. The van der Waals surface area contributed by atoms with E-state index in [9.17, 15) is 19.5 Å². The maximum atomic E-state index is 13.4. The third kappa shape index (κ3) is 5.78. The number of nitrogens with one attached hydrogen (secondary N) is 1. The number of pyridine rings is 1. The summed E-state index contributed by atoms with van der Waals surface area (Å²) in [6, 6.07) is 16.4. The SMILES string of the molecule is NC(=O)c1ccc(-n2ccc(NCCc3ccccc3)c(C(=O)O)c2=O)c(CN2CCCCC2)c1. The van der Waals surface area contributed by atoms with Crippen molar-refractivity contribution in [2.75, 3.05) is 25.0 Å². The number of rotatable bonds is 9. The molecule has 2 heterocycles. The standard InChI is InChI=1S/C27H30N4O4/c28-25(32)20-9-10-23(21(17-20)18-30-14-5-2-6-15-30)31-16-12-22(24(26(31)33)27(34)35)29-13-11-19-7-3-1-4-8-19/h1,3-4,7-10,12,16-17,29H,2,5-6,11,13-15,18H2,(H2,28,32)(H,34,35). The number of aromatic nitrogens is 1. The van der Waals surface area contributed by atoms with E-state index in [1.165, 1.54) is 11.0 Å². The number of nitrogens with zero attached hydrogens (tertiary/aromatic N) is 2. The minimum Gasteiger partial charge on any atom is -0.477 e. The Morgan fingerprint density at radius 2 is 1.74 bits per heavy atom. The van der Waals surface area contributed by atoms with Crippen molar-refractivity contribution in [2.24, 2.45) is 5.73 Å². The van der Waals surface area contributed by atoms with E-state index in [1.807, 2.05) is 30.3 Å². The summed E-state index contributed by atoms with van der Waals surface area (Å²) in [5.41, 5.74) is 7.60. The number of piperidine rings is 1. The second-order valence-electron chi connectivity index (χ2n) is 8.79. The molecule has 3 aromatic rings. The molecule has 0 radical (unpaired) electrons. The van der Waals surface area contributed by atoms with Gasteiger partial charge in [-0.25, -0.2) is 4.79 Å². The molecular formula is C27H30N4O4. The third-order valence-corrected chi connectivity index (χ3v) is 6.34. The summed E-state index contributed by atoms with van der Waals surface area (Å²) in [6.07, 6.45) is 5.65. The lowest BCUT2D eigenvalue weighted by atomic mass is 10.0. The van der Waals surface area contributed by atoms with Crippen LogP contribution in [0.15, 0.2) is 65.6 Å². The lowest BCUT2D eigenvalue weighted by Crippen LogP contribution is -2.31. The van der Waals surface area contributed by atoms with Gasteiger partial charge in [-0.2, -0.15) is 0 Å². The number of carbonyl (C=O) groups is 2. The Hall–Kier alpha value is -3.91. The molecule has 8 nitrogen and oxygen atoms in total. The van der Waals surface area contributed by atoms with Crippen molar-refractivity contribution in [1.82, 2.24) is 9.47 Å². The molecule has 1 aromatic heterocycles. The van der Waals surface area contributed by atoms with Crippen LogP contribution in [0.5, 0.6) is 0 Å². The molecule has 4 N–H and O–H groups in total. The Kier molecular flexibility index (Phi) is 7.62. The summed E-state index contributed by atoms with van der Waals surface area (Å²) >= 11 is 0. The summed E-state index contributed by atoms with van der Waals surface area (Å²) in [5.74, 6) is -1.84. The van der Waals surface area contributed by atoms with E-state index in [2.05, 4.69) is 10.2 Å². The molecule has 0 spiro atoms. The first kappa shape index (κ1) is 24.2. The first-order chi connectivity index (χ1) is 16.9. The number of carboxylic acids is 1. The van der Waals surface area contributed by atoms with Gasteiger partial charge in [-0.3, -0.25) is 19.1 Å². The van der Waals surface area contributed by atoms with E-state index >= 15 is 0 Å². The van der Waals surface area contributed by atoms with Gasteiger partial charge in [-0.15, -0.1) is 0 Å². The van der Waals surface area contributed by atoms with E-state index in [0.29, 0.717) is 30.8 Å². The highest BCUT2D eigenvalue weighted by Crippen LogP contribution is 2.22. The van der Waals surface area contributed by atoms with Gasteiger partial charge in [0.2, 0.25) is 5.91 Å². The van der Waals surface area contributed by atoms with Crippen LogP contribution in [0, 0.1) is 0 Å². The summed E-state index contributed by atoms with van der Waals surface area (Å²) in [7, 11) is 0. The van der Waals surface area contributed by atoms with Crippen LogP contribution in [0.1, 0.15) is 51.1 Å². The molecule has 35 heavy (non-hydrogen) atoms. The fourth-order valence-electron chi connectivity index (χ4n) is 4.52. The smallest absolute Gasteiger partial charge is 0.343 e. The zero-order valence-electron chi connectivity index (χ0n) is 19.6. The van der Waals surface area contributed by atoms with Gasteiger partial charge in [0.05, 0.1) is 11.4 Å². The topological polar surface area (TPSA) is 118 Å². The van der Waals surface area contributed by atoms with Crippen LogP contribution in [0.2, 0.25) is 0 Å². The monoisotopic (exact) mass is 474 g/mol. The Bertz CT molecular complexity index is 1260. The van der Waals surface area contributed by atoms with Crippen molar-refractivity contribution < 1.29 is 14.7 Å². The van der Waals surface area contributed by atoms with Gasteiger partial charge in [0, 0.05) is 24.8 Å². The second-order valence-corrected chi connectivity index (χ2v) is 8.79. The Labute approximate surface area is 204 Å². The lowest BCUT2D eigenvalue weighted by molar-refractivity contribution is 0.0695. The van der Waals surface area contributed by atoms with Gasteiger partial charge in [0.25, 0.3) is 5.56 Å². The molecule has 0 aliphatic carbocycles. The number of carboxylic acid groups (broad SMARTS) is 1. The van der Waals surface area contributed by atoms with Gasteiger partial charge < -0.3 is 16.2 Å². The molecular weight excluding hydrogens is 444 g/mol. The molecule has 8 heteroatoms. The zero-order chi connectivity index (χ0) is 24.8. The molecule has 0 unspecified atom stereocenters. The van der Waals surface area contributed by atoms with Crippen LogP contribution in [0.3, 0.4) is 0 Å². The molecule has 0 saturated carbocycles. The Balaban J connectivity index is 1.67. The number of hydrogen-bond acceptors (Lipinski definition) is 5. The highest BCUT2D eigenvalue weighted by molar-refractivity contribution is 5.94. The van der Waals surface area contributed by atoms with Gasteiger partial charge in [-0.05, 0) is 67.7 Å². The fourth-order valence-corrected chi connectivity index (χ4v) is 4.52. The Morgan fingerprint density at radius 1 is 1.00 bits per heavy atom. The average Bonchev–Trinajstić information content (AvgIpc) is 2.85. The number of benzene rings is 2. The molecule has 4 rings (SSSR count). The van der Waals surface area contributed by atoms with Crippen LogP contribution in [-0.2, 0) is 13.0 Å². The largest absolute Gasteiger partial charge is 0.477 e. The number of anilines is 1. The van der Waals surface area contributed by atoms with Crippen LogP contribution in [-0.4, -0.2) is 46.1 Å². The predicted octanol–water partition coefficient (Wildman–Crippen LogP) is 3.28. The van der Waals surface area contributed by atoms with Crippen molar-refractivity contribution in [3.63, 3.8) is 0 Å². The number of aromatic carboxylic acids is 1. The fraction of sp³-hybridized carbons (Fsp3) is 0.296. The van der Waals surface area contributed by atoms with Crippen molar-refractivity contribution in [3.05, 3.63) is 93.4 Å². The maximum Gasteiger partial charge on any atom is 0.343 e. The second kappa shape index (κ2) is 11.0. The number of carbonyl (C=O) groups excluding carboxylic acids is 1. The van der Waals surface area contributed by atoms with Crippen LogP contribution < -0.4 is 16.6 Å². The van der Waals surface area contributed by atoms with Gasteiger partial charge in [0.15, 0.2) is 0 Å². The summed E-state index contributed by atoms with van der Waals surface area (Å²) in [6.45, 7) is 2.89. The Morgan fingerprint density at radius 3 is 2.43 bits per heavy atom. The summed E-state index contributed by atoms with van der Waals surface area (Å²) in [4.78, 5) is 39.5. The molecule has 182 valence electrons. The molecule has 1 fully saturated rings. The molecule has 1 aliphatic heterocycles. The van der Waals surface area contributed by atoms with E-state index in [4.69, 9.17) is 5.73 Å². The number of hydrogen-bond donors (Lipinski definition) is 3. The van der Waals surface area contributed by atoms with E-state index in [1.54, 1.807) is 30.5 Å². The van der Waals surface area contributed by atoms with Crippen molar-refractivity contribution >= 4 is 17.6 Å². The van der Waals surface area contributed by atoms with Crippen LogP contribution in [0.25, 0.3) is 5.69 Å². The highest BCUT2D eigenvalue weighted by Gasteiger charge is 2.21. The van der Waals surface area contributed by atoms with Gasteiger partial charge >= 0.3 is 5.97 Å². The number of amides is 1. The minimum absolute atomic E-state index is 0.279. The van der Waals surface area contributed by atoms with Gasteiger partial charge in [-0.1, -0.05) is 36.8 Å². The highest BCUT2D eigenvalue weighted by atomic mass is 16.4. The molecule has 0 atom stereocenters. The van der Waals surface area contributed by atoms with Crippen molar-refractivity contribution in [2.45, 2.75) is 32.2 Å². The predicted molar refractivity (Wildman–Crippen MR) is 135 cm³/mol. The van der Waals surface area contributed by atoms with Gasteiger partial charge in [0.1, 0.15) is 5.56 Å². The summed E-state index contributed by atoms with van der Waals surface area (Å²) in [5, 5.41) is 13.0. The quantitative estimate of drug-likeness (QED) is 0.438. The minimum atomic E-state index is -1.29. The molecule has 0 bridgehead atoms. The van der Waals surface area contributed by atoms with Crippen LogP contribution in [0.4, 0.5) is 5.69 Å². The normalized spacial score (nSPS) is 13.9. The number of primary amides is 1. The first-order valence-electron chi connectivity index (χ1n) is 11.9. The van der Waals surface area contributed by atoms with Crippen molar-refractivity contribution in [3.8, 4) is 5.69 Å². The van der Waals surface area contributed by atoms with E-state index in [0.717, 1.165) is 37.1 Å². The van der Waals surface area contributed by atoms with E-state index < -0.39 is 17.4 Å². The zero-order valence-corrected chi connectivity index (χ0v) is 19.6. The van der Waals surface area contributed by atoms with Crippen LogP contribution >= 0.6 is 0 Å².